The van der Waals surface area contributed by atoms with Crippen molar-refractivity contribution in [2.24, 2.45) is 0 Å². The normalized spacial score (nSPS) is 12.2. The summed E-state index contributed by atoms with van der Waals surface area (Å²) in [6.45, 7) is 11.1. The Kier molecular flexibility index (Phi) is 3.89. The van der Waals surface area contributed by atoms with Gasteiger partial charge in [0.25, 0.3) is 0 Å². The zero-order valence-electron chi connectivity index (χ0n) is 13.2. The lowest BCUT2D eigenvalue weighted by molar-refractivity contribution is 0.589. The van der Waals surface area contributed by atoms with Crippen molar-refractivity contribution in [1.82, 2.24) is 0 Å². The van der Waals surface area contributed by atoms with E-state index in [9.17, 15) is 0 Å². The molecule has 0 radical (unpaired) electrons. The van der Waals surface area contributed by atoms with Crippen molar-refractivity contribution in [3.05, 3.63) is 65.7 Å². The SMILES string of the molecule is CC(C)(C)c1ccc(NC(C)(C)c2ccccc2)cc1. The Labute approximate surface area is 123 Å². The molecule has 0 aliphatic carbocycles. The average Bonchev–Trinajstić information content (AvgIpc) is 2.39. The van der Waals surface area contributed by atoms with Crippen LogP contribution in [0.2, 0.25) is 0 Å². The molecule has 2 rings (SSSR count). The summed E-state index contributed by atoms with van der Waals surface area (Å²) in [5, 5.41) is 3.61. The molecule has 0 spiro atoms. The molecule has 20 heavy (non-hydrogen) atoms. The zero-order valence-corrected chi connectivity index (χ0v) is 13.2. The van der Waals surface area contributed by atoms with Crippen LogP contribution in [0.25, 0.3) is 0 Å². The Bertz CT molecular complexity index is 545. The fourth-order valence-electron chi connectivity index (χ4n) is 2.34. The number of benzene rings is 2. The van der Waals surface area contributed by atoms with Crippen LogP contribution in [0.15, 0.2) is 54.6 Å². The van der Waals surface area contributed by atoms with Gasteiger partial charge < -0.3 is 5.32 Å². The second kappa shape index (κ2) is 5.32. The Morgan fingerprint density at radius 3 is 1.70 bits per heavy atom. The van der Waals surface area contributed by atoms with Gasteiger partial charge in [0.1, 0.15) is 0 Å². The van der Waals surface area contributed by atoms with E-state index in [0.29, 0.717) is 0 Å². The molecule has 0 unspecified atom stereocenters. The van der Waals surface area contributed by atoms with E-state index in [-0.39, 0.29) is 11.0 Å². The molecule has 1 nitrogen and oxygen atoms in total. The van der Waals surface area contributed by atoms with Crippen LogP contribution in [0.4, 0.5) is 5.69 Å². The van der Waals surface area contributed by atoms with E-state index in [1.807, 2.05) is 0 Å². The van der Waals surface area contributed by atoms with Gasteiger partial charge in [-0.25, -0.2) is 0 Å². The third-order valence-corrected chi connectivity index (χ3v) is 3.70. The van der Waals surface area contributed by atoms with Crippen molar-refractivity contribution >= 4 is 5.69 Å². The Morgan fingerprint density at radius 2 is 1.20 bits per heavy atom. The smallest absolute Gasteiger partial charge is 0.0569 e. The van der Waals surface area contributed by atoms with E-state index < -0.39 is 0 Å². The quantitative estimate of drug-likeness (QED) is 0.792. The van der Waals surface area contributed by atoms with E-state index in [0.717, 1.165) is 5.69 Å². The van der Waals surface area contributed by atoms with Crippen LogP contribution in [-0.2, 0) is 11.0 Å². The van der Waals surface area contributed by atoms with E-state index in [4.69, 9.17) is 0 Å². The van der Waals surface area contributed by atoms with Crippen molar-refractivity contribution < 1.29 is 0 Å². The lowest BCUT2D eigenvalue weighted by Gasteiger charge is -2.29. The summed E-state index contributed by atoms with van der Waals surface area (Å²) in [7, 11) is 0. The van der Waals surface area contributed by atoms with Gasteiger partial charge in [0.15, 0.2) is 0 Å². The summed E-state index contributed by atoms with van der Waals surface area (Å²) in [5.41, 5.74) is 3.94. The molecule has 106 valence electrons. The molecule has 1 N–H and O–H groups in total. The second-order valence-corrected chi connectivity index (χ2v) is 6.94. The van der Waals surface area contributed by atoms with Crippen LogP contribution in [0.1, 0.15) is 45.7 Å². The minimum absolute atomic E-state index is 0.0789. The molecule has 0 heterocycles. The summed E-state index contributed by atoms with van der Waals surface area (Å²) < 4.78 is 0. The number of hydrogen-bond donors (Lipinski definition) is 1. The first-order chi connectivity index (χ1) is 9.29. The fourth-order valence-corrected chi connectivity index (χ4v) is 2.34. The molecule has 2 aromatic rings. The third kappa shape index (κ3) is 3.41. The molecular formula is C19H25N. The lowest BCUT2D eigenvalue weighted by Crippen LogP contribution is -2.27. The van der Waals surface area contributed by atoms with Crippen LogP contribution in [0, 0.1) is 0 Å². The fraction of sp³-hybridized carbons (Fsp3) is 0.368. The maximum absolute atomic E-state index is 3.61. The van der Waals surface area contributed by atoms with E-state index in [1.54, 1.807) is 0 Å². The lowest BCUT2D eigenvalue weighted by atomic mass is 9.87. The van der Waals surface area contributed by atoms with Gasteiger partial charge in [0.2, 0.25) is 0 Å². The highest BCUT2D eigenvalue weighted by Gasteiger charge is 2.20. The summed E-state index contributed by atoms with van der Waals surface area (Å²) in [4.78, 5) is 0. The number of rotatable bonds is 3. The maximum atomic E-state index is 3.61. The predicted molar refractivity (Wildman–Crippen MR) is 88.2 cm³/mol. The van der Waals surface area contributed by atoms with Gasteiger partial charge in [0.05, 0.1) is 5.54 Å². The Morgan fingerprint density at radius 1 is 0.650 bits per heavy atom. The van der Waals surface area contributed by atoms with Gasteiger partial charge >= 0.3 is 0 Å². The first-order valence-electron chi connectivity index (χ1n) is 7.23. The number of hydrogen-bond acceptors (Lipinski definition) is 1. The largest absolute Gasteiger partial charge is 0.376 e. The van der Waals surface area contributed by atoms with E-state index >= 15 is 0 Å². The predicted octanol–water partition coefficient (Wildman–Crippen LogP) is 5.33. The highest BCUT2D eigenvalue weighted by molar-refractivity contribution is 5.49. The number of nitrogens with one attached hydrogen (secondary N) is 1. The molecule has 0 saturated carbocycles. The van der Waals surface area contributed by atoms with Gasteiger partial charge in [-0.05, 0) is 42.5 Å². The van der Waals surface area contributed by atoms with Gasteiger partial charge in [-0.3, -0.25) is 0 Å². The molecule has 0 fully saturated rings. The second-order valence-electron chi connectivity index (χ2n) is 6.94. The molecular weight excluding hydrogens is 242 g/mol. The van der Waals surface area contributed by atoms with Crippen molar-refractivity contribution in [3.8, 4) is 0 Å². The van der Waals surface area contributed by atoms with Crippen LogP contribution >= 0.6 is 0 Å². The van der Waals surface area contributed by atoms with Crippen molar-refractivity contribution in [1.29, 1.82) is 0 Å². The number of anilines is 1. The molecule has 0 amide bonds. The summed E-state index contributed by atoms with van der Waals surface area (Å²) >= 11 is 0. The molecule has 0 aliphatic rings. The molecule has 0 aliphatic heterocycles. The highest BCUT2D eigenvalue weighted by atomic mass is 15.0. The molecule has 0 saturated heterocycles. The van der Waals surface area contributed by atoms with Crippen LogP contribution in [-0.4, -0.2) is 0 Å². The molecule has 0 aromatic heterocycles. The minimum Gasteiger partial charge on any atom is -0.376 e. The summed E-state index contributed by atoms with van der Waals surface area (Å²) in [5.74, 6) is 0. The molecule has 2 aromatic carbocycles. The summed E-state index contributed by atoms with van der Waals surface area (Å²) in [6, 6.07) is 19.3. The molecule has 0 bridgehead atoms. The maximum Gasteiger partial charge on any atom is 0.0569 e. The van der Waals surface area contributed by atoms with Crippen molar-refractivity contribution in [2.75, 3.05) is 5.32 Å². The van der Waals surface area contributed by atoms with Gasteiger partial charge in [0, 0.05) is 5.69 Å². The monoisotopic (exact) mass is 267 g/mol. The first-order valence-corrected chi connectivity index (χ1v) is 7.23. The molecule has 1 heteroatoms. The van der Waals surface area contributed by atoms with Crippen LogP contribution in [0.3, 0.4) is 0 Å². The first kappa shape index (κ1) is 14.6. The molecule has 0 atom stereocenters. The zero-order chi connectivity index (χ0) is 14.8. The van der Waals surface area contributed by atoms with E-state index in [1.165, 1.54) is 11.1 Å². The Balaban J connectivity index is 2.18. The third-order valence-electron chi connectivity index (χ3n) is 3.70. The van der Waals surface area contributed by atoms with Gasteiger partial charge in [-0.1, -0.05) is 63.2 Å². The van der Waals surface area contributed by atoms with Crippen LogP contribution < -0.4 is 5.32 Å². The van der Waals surface area contributed by atoms with Crippen molar-refractivity contribution in [3.63, 3.8) is 0 Å². The van der Waals surface area contributed by atoms with Gasteiger partial charge in [-0.2, -0.15) is 0 Å². The summed E-state index contributed by atoms with van der Waals surface area (Å²) in [6.07, 6.45) is 0. The van der Waals surface area contributed by atoms with Gasteiger partial charge in [-0.15, -0.1) is 0 Å². The highest BCUT2D eigenvalue weighted by Crippen LogP contribution is 2.28. The standard InChI is InChI=1S/C19H25N/c1-18(2,3)15-11-13-17(14-12-15)20-19(4,5)16-9-7-6-8-10-16/h6-14,20H,1-5H3. The Hall–Kier alpha value is -1.76. The van der Waals surface area contributed by atoms with E-state index in [2.05, 4.69) is 94.5 Å². The topological polar surface area (TPSA) is 12.0 Å². The average molecular weight is 267 g/mol. The van der Waals surface area contributed by atoms with Crippen LogP contribution in [0.5, 0.6) is 0 Å². The van der Waals surface area contributed by atoms with Crippen molar-refractivity contribution in [2.45, 2.75) is 45.6 Å². The minimum atomic E-state index is -0.0789.